The van der Waals surface area contributed by atoms with E-state index in [1.54, 1.807) is 26.0 Å². The molecule has 7 heteroatoms. The molecule has 1 heterocycles. The normalized spacial score (nSPS) is 11.3. The van der Waals surface area contributed by atoms with Crippen LogP contribution in [-0.2, 0) is 0 Å². The molecule has 1 aromatic carbocycles. The van der Waals surface area contributed by atoms with Gasteiger partial charge in [-0.1, -0.05) is 18.2 Å². The van der Waals surface area contributed by atoms with Crippen LogP contribution in [0.15, 0.2) is 29.8 Å². The van der Waals surface area contributed by atoms with E-state index in [4.69, 9.17) is 0 Å². The Labute approximate surface area is 148 Å². The lowest BCUT2D eigenvalue weighted by molar-refractivity contribution is -0.0499. The second-order valence-corrected chi connectivity index (χ2v) is 5.60. The Hall–Kier alpha value is -3.27. The molecule has 0 aliphatic heterocycles. The van der Waals surface area contributed by atoms with Gasteiger partial charge >= 0.3 is 6.61 Å². The van der Waals surface area contributed by atoms with Gasteiger partial charge in [0.2, 0.25) is 5.78 Å². The molecule has 0 radical (unpaired) electrons. The highest BCUT2D eigenvalue weighted by Crippen LogP contribution is 2.25. The van der Waals surface area contributed by atoms with E-state index in [1.165, 1.54) is 31.2 Å². The average Bonchev–Trinajstić information content (AvgIpc) is 2.87. The number of carbonyl (C=O) groups is 2. The number of nitrogens with one attached hydrogen (secondary N) is 1. The molecular weight excluding hydrogens is 342 g/mol. The van der Waals surface area contributed by atoms with Gasteiger partial charge in [0, 0.05) is 16.8 Å². The monoisotopic (exact) mass is 358 g/mol. The molecule has 1 aromatic heterocycles. The van der Waals surface area contributed by atoms with Crippen LogP contribution in [0.5, 0.6) is 5.75 Å². The lowest BCUT2D eigenvalue weighted by atomic mass is 10.0. The van der Waals surface area contributed by atoms with Crippen LogP contribution in [0.3, 0.4) is 0 Å². The van der Waals surface area contributed by atoms with Crippen LogP contribution >= 0.6 is 0 Å². The van der Waals surface area contributed by atoms with E-state index in [2.05, 4.69) is 9.72 Å². The summed E-state index contributed by atoms with van der Waals surface area (Å²) < 4.78 is 29.4. The number of para-hydroxylation sites is 1. The van der Waals surface area contributed by atoms with Crippen LogP contribution in [0.4, 0.5) is 8.78 Å². The van der Waals surface area contributed by atoms with E-state index in [0.29, 0.717) is 16.8 Å². The third kappa shape index (κ3) is 3.86. The number of carbonyl (C=O) groups excluding carboxylic acids is 2. The molecule has 26 heavy (non-hydrogen) atoms. The quantitative estimate of drug-likeness (QED) is 0.476. The predicted octanol–water partition coefficient (Wildman–Crippen LogP) is 4.23. The molecule has 0 saturated carbocycles. The van der Waals surface area contributed by atoms with Crippen molar-refractivity contribution in [1.29, 1.82) is 5.26 Å². The zero-order chi connectivity index (χ0) is 19.4. The van der Waals surface area contributed by atoms with Crippen molar-refractivity contribution in [2.75, 3.05) is 0 Å². The number of ether oxygens (including phenoxy) is 1. The summed E-state index contributed by atoms with van der Waals surface area (Å²) in [6.07, 6.45) is 1.18. The topological polar surface area (TPSA) is 83.0 Å². The van der Waals surface area contributed by atoms with Crippen molar-refractivity contribution in [2.24, 2.45) is 0 Å². The minimum absolute atomic E-state index is 0.118. The van der Waals surface area contributed by atoms with E-state index in [-0.39, 0.29) is 28.4 Å². The number of rotatable bonds is 6. The van der Waals surface area contributed by atoms with Gasteiger partial charge < -0.3 is 9.72 Å². The van der Waals surface area contributed by atoms with Crippen LogP contribution in [0.1, 0.15) is 44.6 Å². The number of ketones is 2. The summed E-state index contributed by atoms with van der Waals surface area (Å²) in [7, 11) is 0. The number of hydrogen-bond donors (Lipinski definition) is 1. The zero-order valence-corrected chi connectivity index (χ0v) is 14.4. The van der Waals surface area contributed by atoms with E-state index >= 15 is 0 Å². The van der Waals surface area contributed by atoms with Crippen LogP contribution < -0.4 is 4.74 Å². The summed E-state index contributed by atoms with van der Waals surface area (Å²) in [4.78, 5) is 27.2. The average molecular weight is 358 g/mol. The van der Waals surface area contributed by atoms with Gasteiger partial charge in [0.1, 0.15) is 17.4 Å². The number of allylic oxidation sites excluding steroid dienone is 1. The molecule has 0 amide bonds. The fourth-order valence-corrected chi connectivity index (χ4v) is 2.75. The maximum Gasteiger partial charge on any atom is 0.387 e. The molecular formula is C19H16F2N2O3. The standard InChI is InChI=1S/C19H16F2N2O3/c1-10-16(12(3)24)11(2)23-17(10)18(25)14(9-22)8-13-6-4-5-7-15(13)26-19(20)21/h4-8,19,23H,1-3H3/b14-8+. The summed E-state index contributed by atoms with van der Waals surface area (Å²) >= 11 is 0. The summed E-state index contributed by atoms with van der Waals surface area (Å²) in [5.74, 6) is -0.979. The molecule has 0 unspecified atom stereocenters. The maximum atomic E-state index is 12.7. The van der Waals surface area contributed by atoms with Crippen molar-refractivity contribution < 1.29 is 23.1 Å². The smallest absolute Gasteiger partial charge is 0.387 e. The number of H-pyrrole nitrogens is 1. The Morgan fingerprint density at radius 2 is 1.92 bits per heavy atom. The third-order valence-corrected chi connectivity index (χ3v) is 3.82. The highest BCUT2D eigenvalue weighted by Gasteiger charge is 2.22. The van der Waals surface area contributed by atoms with Crippen LogP contribution in [0.25, 0.3) is 6.08 Å². The van der Waals surface area contributed by atoms with Gasteiger partial charge in [-0.25, -0.2) is 0 Å². The van der Waals surface area contributed by atoms with Crippen molar-refractivity contribution in [3.8, 4) is 11.8 Å². The third-order valence-electron chi connectivity index (χ3n) is 3.82. The number of Topliss-reactive ketones (excluding diaryl/α,β-unsaturated/α-hetero) is 2. The van der Waals surface area contributed by atoms with Crippen molar-refractivity contribution in [1.82, 2.24) is 4.98 Å². The van der Waals surface area contributed by atoms with Crippen molar-refractivity contribution in [2.45, 2.75) is 27.4 Å². The summed E-state index contributed by atoms with van der Waals surface area (Å²) in [5.41, 5.74) is 1.38. The van der Waals surface area contributed by atoms with Crippen LogP contribution in [0.2, 0.25) is 0 Å². The maximum absolute atomic E-state index is 12.7. The van der Waals surface area contributed by atoms with Gasteiger partial charge in [-0.05, 0) is 38.5 Å². The molecule has 0 aliphatic rings. The first kappa shape index (κ1) is 19.1. The number of aryl methyl sites for hydroxylation is 1. The number of hydrogen-bond acceptors (Lipinski definition) is 4. The van der Waals surface area contributed by atoms with Crippen LogP contribution in [-0.4, -0.2) is 23.2 Å². The molecule has 2 aromatic rings. The summed E-state index contributed by atoms with van der Waals surface area (Å²) in [5, 5.41) is 9.36. The Balaban J connectivity index is 2.49. The van der Waals surface area contributed by atoms with Gasteiger partial charge in [-0.2, -0.15) is 14.0 Å². The van der Waals surface area contributed by atoms with Gasteiger partial charge in [0.25, 0.3) is 0 Å². The first-order chi connectivity index (χ1) is 12.3. The van der Waals surface area contributed by atoms with Gasteiger partial charge in [0.15, 0.2) is 5.78 Å². The molecule has 0 saturated heterocycles. The molecule has 2 rings (SSSR count). The Kier molecular flexibility index (Phi) is 5.68. The first-order valence-electron chi connectivity index (χ1n) is 7.66. The molecule has 0 fully saturated rings. The zero-order valence-electron chi connectivity index (χ0n) is 14.4. The molecule has 1 N–H and O–H groups in total. The number of aromatic nitrogens is 1. The number of halogens is 2. The number of benzene rings is 1. The predicted molar refractivity (Wildman–Crippen MR) is 91.3 cm³/mol. The highest BCUT2D eigenvalue weighted by molar-refractivity contribution is 6.15. The minimum Gasteiger partial charge on any atom is -0.434 e. The molecule has 0 spiro atoms. The number of alkyl halides is 2. The molecule has 134 valence electrons. The Bertz CT molecular complexity index is 937. The summed E-state index contributed by atoms with van der Waals surface area (Å²) in [6, 6.07) is 7.62. The Morgan fingerprint density at radius 1 is 1.27 bits per heavy atom. The SMILES string of the molecule is CC(=O)c1c(C)[nH]c(C(=O)/C(C#N)=C/c2ccccc2OC(F)F)c1C. The van der Waals surface area contributed by atoms with E-state index < -0.39 is 12.4 Å². The fourth-order valence-electron chi connectivity index (χ4n) is 2.75. The minimum atomic E-state index is -3.03. The van der Waals surface area contributed by atoms with Crippen molar-refractivity contribution >= 4 is 17.6 Å². The number of nitrogens with zero attached hydrogens (tertiary/aromatic N) is 1. The lowest BCUT2D eigenvalue weighted by Gasteiger charge is -2.08. The van der Waals surface area contributed by atoms with Gasteiger partial charge in [-0.3, -0.25) is 9.59 Å². The fraction of sp³-hybridized carbons (Fsp3) is 0.211. The van der Waals surface area contributed by atoms with E-state index in [0.717, 1.165) is 0 Å². The Morgan fingerprint density at radius 3 is 2.46 bits per heavy atom. The second kappa shape index (κ2) is 7.74. The van der Waals surface area contributed by atoms with Gasteiger partial charge in [0.05, 0.1) is 5.69 Å². The van der Waals surface area contributed by atoms with E-state index in [1.807, 2.05) is 0 Å². The molecule has 0 atom stereocenters. The first-order valence-corrected chi connectivity index (χ1v) is 7.66. The summed E-state index contributed by atoms with van der Waals surface area (Å²) in [6.45, 7) is 1.62. The second-order valence-electron chi connectivity index (χ2n) is 5.60. The molecule has 5 nitrogen and oxygen atoms in total. The van der Waals surface area contributed by atoms with Crippen LogP contribution in [0, 0.1) is 25.2 Å². The molecule has 0 bridgehead atoms. The molecule has 0 aliphatic carbocycles. The van der Waals surface area contributed by atoms with Crippen molar-refractivity contribution in [3.05, 3.63) is 57.9 Å². The highest BCUT2D eigenvalue weighted by atomic mass is 19.3. The number of aromatic amines is 1. The lowest BCUT2D eigenvalue weighted by Crippen LogP contribution is -2.06. The largest absolute Gasteiger partial charge is 0.434 e. The number of nitriles is 1. The van der Waals surface area contributed by atoms with Gasteiger partial charge in [-0.15, -0.1) is 0 Å². The van der Waals surface area contributed by atoms with Crippen molar-refractivity contribution in [3.63, 3.8) is 0 Å². The van der Waals surface area contributed by atoms with E-state index in [9.17, 15) is 23.6 Å².